The van der Waals surface area contributed by atoms with Crippen LogP contribution in [0.3, 0.4) is 0 Å². The maximum absolute atomic E-state index is 11.1. The van der Waals surface area contributed by atoms with E-state index in [2.05, 4.69) is 10.3 Å². The Morgan fingerprint density at radius 1 is 1.57 bits per heavy atom. The summed E-state index contributed by atoms with van der Waals surface area (Å²) in [4.78, 5) is 25.1. The summed E-state index contributed by atoms with van der Waals surface area (Å²) < 4.78 is 4.72. The second kappa shape index (κ2) is 3.91. The molecule has 0 aliphatic heterocycles. The number of aromatic carboxylic acids is 1. The van der Waals surface area contributed by atoms with E-state index >= 15 is 0 Å². The molecule has 0 unspecified atom stereocenters. The minimum absolute atomic E-state index is 0.0962. The molecule has 2 N–H and O–H groups in total. The van der Waals surface area contributed by atoms with Crippen LogP contribution in [0, 0.1) is 5.92 Å². The normalized spacial score (nSPS) is 10.2. The van der Waals surface area contributed by atoms with Crippen molar-refractivity contribution in [2.45, 2.75) is 13.8 Å². The van der Waals surface area contributed by atoms with Gasteiger partial charge in [0, 0.05) is 5.92 Å². The van der Waals surface area contributed by atoms with Crippen LogP contribution >= 0.6 is 0 Å². The minimum atomic E-state index is -1.22. The highest BCUT2D eigenvalue weighted by molar-refractivity contribution is 5.90. The first-order chi connectivity index (χ1) is 6.50. The molecule has 0 bridgehead atoms. The van der Waals surface area contributed by atoms with E-state index in [0.29, 0.717) is 0 Å². The molecule has 0 saturated heterocycles. The minimum Gasteiger partial charge on any atom is -0.475 e. The van der Waals surface area contributed by atoms with E-state index in [9.17, 15) is 9.59 Å². The Balaban J connectivity index is 2.69. The van der Waals surface area contributed by atoms with Crippen LogP contribution in [0.25, 0.3) is 0 Å². The van der Waals surface area contributed by atoms with Gasteiger partial charge in [-0.2, -0.15) is 0 Å². The lowest BCUT2D eigenvalue weighted by molar-refractivity contribution is -0.119. The number of nitrogens with one attached hydrogen (secondary N) is 1. The van der Waals surface area contributed by atoms with Gasteiger partial charge in [-0.15, -0.1) is 0 Å². The number of hydrogen-bond acceptors (Lipinski definition) is 4. The first kappa shape index (κ1) is 10.2. The molecule has 0 aliphatic rings. The van der Waals surface area contributed by atoms with Crippen molar-refractivity contribution in [3.8, 4) is 0 Å². The number of carbonyl (C=O) groups is 2. The van der Waals surface area contributed by atoms with Gasteiger partial charge < -0.3 is 9.52 Å². The number of rotatable bonds is 3. The standard InChI is InChI=1S/C8H10N2O4/c1-4(2)6(11)10-8-9-3-5(14-8)7(12)13/h3-4H,1-2H3,(H,12,13)(H,9,10,11). The van der Waals surface area contributed by atoms with Gasteiger partial charge in [-0.05, 0) is 0 Å². The van der Waals surface area contributed by atoms with Crippen LogP contribution in [0.4, 0.5) is 6.01 Å². The van der Waals surface area contributed by atoms with Gasteiger partial charge in [0.1, 0.15) is 0 Å². The van der Waals surface area contributed by atoms with Crippen molar-refractivity contribution >= 4 is 17.9 Å². The van der Waals surface area contributed by atoms with E-state index < -0.39 is 5.97 Å². The van der Waals surface area contributed by atoms with Gasteiger partial charge in [-0.3, -0.25) is 10.1 Å². The molecule has 0 aromatic carbocycles. The summed E-state index contributed by atoms with van der Waals surface area (Å²) in [6, 6.07) is -0.0962. The maximum atomic E-state index is 11.1. The summed E-state index contributed by atoms with van der Waals surface area (Å²) in [5, 5.41) is 10.8. The lowest BCUT2D eigenvalue weighted by Gasteiger charge is -2.02. The molecule has 1 aromatic rings. The van der Waals surface area contributed by atoms with E-state index in [4.69, 9.17) is 9.52 Å². The highest BCUT2D eigenvalue weighted by Crippen LogP contribution is 2.09. The molecule has 6 nitrogen and oxygen atoms in total. The van der Waals surface area contributed by atoms with E-state index in [1.165, 1.54) is 0 Å². The Labute approximate surface area is 79.9 Å². The summed E-state index contributed by atoms with van der Waals surface area (Å²) in [5.74, 6) is -2.01. The summed E-state index contributed by atoms with van der Waals surface area (Å²) in [6.45, 7) is 3.41. The molecule has 0 aliphatic carbocycles. The first-order valence-electron chi connectivity index (χ1n) is 4.00. The molecule has 0 atom stereocenters. The third-order valence-corrected chi connectivity index (χ3v) is 1.47. The average Bonchev–Trinajstić information content (AvgIpc) is 2.52. The third kappa shape index (κ3) is 2.32. The zero-order chi connectivity index (χ0) is 10.7. The molecule has 1 aromatic heterocycles. The van der Waals surface area contributed by atoms with Gasteiger partial charge >= 0.3 is 12.0 Å². The quantitative estimate of drug-likeness (QED) is 0.754. The zero-order valence-electron chi connectivity index (χ0n) is 7.77. The number of aromatic nitrogens is 1. The molecule has 14 heavy (non-hydrogen) atoms. The Morgan fingerprint density at radius 3 is 2.64 bits per heavy atom. The molecule has 6 heteroatoms. The topological polar surface area (TPSA) is 92.4 Å². The molecule has 0 radical (unpaired) electrons. The van der Waals surface area contributed by atoms with Gasteiger partial charge in [0.25, 0.3) is 0 Å². The number of carboxylic acid groups (broad SMARTS) is 1. The molecule has 76 valence electrons. The van der Waals surface area contributed by atoms with Gasteiger partial charge in [0.05, 0.1) is 6.20 Å². The van der Waals surface area contributed by atoms with Crippen LogP contribution in [0.2, 0.25) is 0 Å². The second-order valence-corrected chi connectivity index (χ2v) is 2.98. The number of oxazole rings is 1. The van der Waals surface area contributed by atoms with Gasteiger partial charge in [0.15, 0.2) is 0 Å². The molecule has 1 amide bonds. The highest BCUT2D eigenvalue weighted by Gasteiger charge is 2.13. The zero-order valence-corrected chi connectivity index (χ0v) is 7.77. The average molecular weight is 198 g/mol. The summed E-state index contributed by atoms with van der Waals surface area (Å²) in [5.41, 5.74) is 0. The van der Waals surface area contributed by atoms with Crippen LogP contribution in [-0.4, -0.2) is 22.0 Å². The number of carboxylic acids is 1. The predicted octanol–water partition coefficient (Wildman–Crippen LogP) is 0.967. The lowest BCUT2D eigenvalue weighted by atomic mass is 10.2. The Kier molecular flexibility index (Phi) is 2.85. The summed E-state index contributed by atoms with van der Waals surface area (Å²) >= 11 is 0. The third-order valence-electron chi connectivity index (χ3n) is 1.47. The summed E-state index contributed by atoms with van der Waals surface area (Å²) in [7, 11) is 0. The van der Waals surface area contributed by atoms with Gasteiger partial charge in [0.2, 0.25) is 11.7 Å². The number of anilines is 1. The lowest BCUT2D eigenvalue weighted by Crippen LogP contribution is -2.17. The van der Waals surface area contributed by atoms with E-state index in [0.717, 1.165) is 6.20 Å². The van der Waals surface area contributed by atoms with Crippen molar-refractivity contribution in [1.82, 2.24) is 4.98 Å². The monoisotopic (exact) mass is 198 g/mol. The van der Waals surface area contributed by atoms with Crippen molar-refractivity contribution in [1.29, 1.82) is 0 Å². The van der Waals surface area contributed by atoms with Crippen LogP contribution in [0.15, 0.2) is 10.6 Å². The first-order valence-corrected chi connectivity index (χ1v) is 4.00. The number of carbonyl (C=O) groups excluding carboxylic acids is 1. The van der Waals surface area contributed by atoms with Crippen molar-refractivity contribution in [3.63, 3.8) is 0 Å². The van der Waals surface area contributed by atoms with Crippen molar-refractivity contribution < 1.29 is 19.1 Å². The molecular weight excluding hydrogens is 188 g/mol. The highest BCUT2D eigenvalue weighted by atomic mass is 16.4. The van der Waals surface area contributed by atoms with E-state index in [-0.39, 0.29) is 23.6 Å². The van der Waals surface area contributed by atoms with Gasteiger partial charge in [-0.25, -0.2) is 9.78 Å². The molecular formula is C8H10N2O4. The fourth-order valence-corrected chi connectivity index (χ4v) is 0.681. The largest absolute Gasteiger partial charge is 0.475 e. The molecule has 1 heterocycles. The van der Waals surface area contributed by atoms with Crippen LogP contribution in [0.5, 0.6) is 0 Å². The second-order valence-electron chi connectivity index (χ2n) is 2.98. The molecule has 1 rings (SSSR count). The van der Waals surface area contributed by atoms with Gasteiger partial charge in [-0.1, -0.05) is 13.8 Å². The Hall–Kier alpha value is -1.85. The van der Waals surface area contributed by atoms with Crippen molar-refractivity contribution in [2.24, 2.45) is 5.92 Å². The fourth-order valence-electron chi connectivity index (χ4n) is 0.681. The molecule has 0 spiro atoms. The predicted molar refractivity (Wildman–Crippen MR) is 46.9 cm³/mol. The maximum Gasteiger partial charge on any atom is 0.373 e. The molecule has 0 fully saturated rings. The van der Waals surface area contributed by atoms with E-state index in [1.807, 2.05) is 0 Å². The van der Waals surface area contributed by atoms with Crippen LogP contribution < -0.4 is 5.32 Å². The Morgan fingerprint density at radius 2 is 2.21 bits per heavy atom. The smallest absolute Gasteiger partial charge is 0.373 e. The van der Waals surface area contributed by atoms with Crippen LogP contribution in [-0.2, 0) is 4.79 Å². The number of nitrogens with zero attached hydrogens (tertiary/aromatic N) is 1. The van der Waals surface area contributed by atoms with E-state index in [1.54, 1.807) is 13.8 Å². The summed E-state index contributed by atoms with van der Waals surface area (Å²) in [6.07, 6.45) is 1.04. The van der Waals surface area contributed by atoms with Crippen LogP contribution in [0.1, 0.15) is 24.4 Å². The fraction of sp³-hybridized carbons (Fsp3) is 0.375. The SMILES string of the molecule is CC(C)C(=O)Nc1ncc(C(=O)O)o1. The van der Waals surface area contributed by atoms with Crippen molar-refractivity contribution in [3.05, 3.63) is 12.0 Å². The van der Waals surface area contributed by atoms with Crippen molar-refractivity contribution in [2.75, 3.05) is 5.32 Å². The Bertz CT molecular complexity index is 356. The number of hydrogen-bond donors (Lipinski definition) is 2. The molecule has 0 saturated carbocycles. The number of amides is 1.